The number of ether oxygens (including phenoxy) is 1. The Labute approximate surface area is 194 Å². The molecule has 0 aromatic heterocycles. The molecule has 0 fully saturated rings. The minimum atomic E-state index is -0.977. The van der Waals surface area contributed by atoms with Gasteiger partial charge in [0.1, 0.15) is 18.4 Å². The van der Waals surface area contributed by atoms with Crippen LogP contribution in [0.25, 0.3) is 0 Å². The van der Waals surface area contributed by atoms with Crippen LogP contribution < -0.4 is 10.1 Å². The summed E-state index contributed by atoms with van der Waals surface area (Å²) in [4.78, 5) is 12.4. The van der Waals surface area contributed by atoms with Gasteiger partial charge in [0.15, 0.2) is 0 Å². The third-order valence-corrected chi connectivity index (χ3v) is 5.72. The molecular weight excluding hydrogens is 410 g/mol. The third kappa shape index (κ3) is 4.97. The fourth-order valence-electron chi connectivity index (χ4n) is 4.14. The Bertz CT molecular complexity index is 1080. The van der Waals surface area contributed by atoms with E-state index in [0.717, 1.165) is 22.3 Å². The van der Waals surface area contributed by atoms with E-state index in [4.69, 9.17) is 4.74 Å². The summed E-state index contributed by atoms with van der Waals surface area (Å²) in [5, 5.41) is 13.6. The van der Waals surface area contributed by atoms with Gasteiger partial charge in [-0.2, -0.15) is 0 Å². The molecule has 0 amide bonds. The van der Waals surface area contributed by atoms with E-state index in [2.05, 4.69) is 5.32 Å². The van der Waals surface area contributed by atoms with Gasteiger partial charge in [-0.05, 0) is 41.3 Å². The number of carboxylic acid groups (broad SMARTS) is 1. The summed E-state index contributed by atoms with van der Waals surface area (Å²) in [5.74, 6) is -0.331. The summed E-state index contributed by atoms with van der Waals surface area (Å²) in [6.45, 7) is 1.96. The maximum atomic E-state index is 12.4. The van der Waals surface area contributed by atoms with Gasteiger partial charge in [-0.3, -0.25) is 10.1 Å². The van der Waals surface area contributed by atoms with Crippen LogP contribution in [0.4, 0.5) is 0 Å². The highest BCUT2D eigenvalue weighted by molar-refractivity contribution is 5.74. The van der Waals surface area contributed by atoms with Crippen molar-refractivity contribution >= 4 is 5.97 Å². The van der Waals surface area contributed by atoms with Crippen molar-refractivity contribution in [3.63, 3.8) is 0 Å². The van der Waals surface area contributed by atoms with Crippen molar-refractivity contribution in [1.82, 2.24) is 5.32 Å². The van der Waals surface area contributed by atoms with E-state index < -0.39 is 17.6 Å². The summed E-state index contributed by atoms with van der Waals surface area (Å²) in [5.41, 5.74) is 3.01. The summed E-state index contributed by atoms with van der Waals surface area (Å²) >= 11 is 0. The Balaban J connectivity index is 1.80. The molecule has 0 saturated heterocycles. The molecular formula is C29H27NO3. The quantitative estimate of drug-likeness (QED) is 0.344. The van der Waals surface area contributed by atoms with Crippen molar-refractivity contribution in [2.24, 2.45) is 0 Å². The molecule has 2 N–H and O–H groups in total. The molecule has 0 aliphatic heterocycles. The Kier molecular flexibility index (Phi) is 6.86. The summed E-state index contributed by atoms with van der Waals surface area (Å²) in [6, 6.07) is 36.5. The number of aliphatic carboxylic acids is 1. The zero-order valence-corrected chi connectivity index (χ0v) is 18.5. The van der Waals surface area contributed by atoms with E-state index in [0.29, 0.717) is 5.75 Å². The molecule has 0 spiro atoms. The van der Waals surface area contributed by atoms with Gasteiger partial charge in [0, 0.05) is 0 Å². The molecule has 0 aliphatic rings. The van der Waals surface area contributed by atoms with E-state index in [9.17, 15) is 9.90 Å². The molecule has 33 heavy (non-hydrogen) atoms. The molecule has 166 valence electrons. The second kappa shape index (κ2) is 10.2. The van der Waals surface area contributed by atoms with Crippen LogP contribution in [0.15, 0.2) is 115 Å². The van der Waals surface area contributed by atoms with Crippen LogP contribution in [0.2, 0.25) is 0 Å². The van der Waals surface area contributed by atoms with Crippen molar-refractivity contribution in [2.75, 3.05) is 6.61 Å². The van der Waals surface area contributed by atoms with Gasteiger partial charge >= 0.3 is 5.97 Å². The van der Waals surface area contributed by atoms with Crippen LogP contribution in [-0.4, -0.2) is 23.7 Å². The number of rotatable bonds is 9. The molecule has 0 radical (unpaired) electrons. The Morgan fingerprint density at radius 2 is 1.27 bits per heavy atom. The topological polar surface area (TPSA) is 58.6 Å². The van der Waals surface area contributed by atoms with Crippen LogP contribution in [0.3, 0.4) is 0 Å². The lowest BCUT2D eigenvalue weighted by Gasteiger charge is -2.39. The lowest BCUT2D eigenvalue weighted by molar-refractivity contribution is -0.140. The molecule has 0 bridgehead atoms. The SMILES string of the molecule is Cc1cccc(OC[C@H](NC(c2ccccc2)(c2ccccc2)c2ccccc2)C(=O)O)c1. The number of nitrogens with one attached hydrogen (secondary N) is 1. The average Bonchev–Trinajstić information content (AvgIpc) is 2.86. The number of benzene rings is 4. The maximum Gasteiger partial charge on any atom is 0.324 e. The fraction of sp³-hybridized carbons (Fsp3) is 0.138. The van der Waals surface area contributed by atoms with E-state index in [1.807, 2.05) is 122 Å². The highest BCUT2D eigenvalue weighted by atomic mass is 16.5. The summed E-state index contributed by atoms with van der Waals surface area (Å²) in [6.07, 6.45) is 0. The first-order chi connectivity index (χ1) is 16.1. The van der Waals surface area contributed by atoms with Gasteiger partial charge in [0.25, 0.3) is 0 Å². The van der Waals surface area contributed by atoms with Crippen LogP contribution in [0.5, 0.6) is 5.75 Å². The highest BCUT2D eigenvalue weighted by Gasteiger charge is 2.40. The minimum absolute atomic E-state index is 0.0208. The van der Waals surface area contributed by atoms with Crippen molar-refractivity contribution in [1.29, 1.82) is 0 Å². The molecule has 4 aromatic rings. The molecule has 0 heterocycles. The highest BCUT2D eigenvalue weighted by Crippen LogP contribution is 2.37. The molecule has 0 unspecified atom stereocenters. The predicted molar refractivity (Wildman–Crippen MR) is 130 cm³/mol. The lowest BCUT2D eigenvalue weighted by Crippen LogP contribution is -2.54. The van der Waals surface area contributed by atoms with Gasteiger partial charge < -0.3 is 9.84 Å². The average molecular weight is 438 g/mol. The van der Waals surface area contributed by atoms with Crippen molar-refractivity contribution < 1.29 is 14.6 Å². The van der Waals surface area contributed by atoms with Crippen molar-refractivity contribution in [3.8, 4) is 5.75 Å². The monoisotopic (exact) mass is 437 g/mol. The Morgan fingerprint density at radius 3 is 1.70 bits per heavy atom. The first-order valence-electron chi connectivity index (χ1n) is 11.0. The van der Waals surface area contributed by atoms with Crippen LogP contribution in [-0.2, 0) is 10.3 Å². The predicted octanol–water partition coefficient (Wildman–Crippen LogP) is 5.41. The molecule has 0 aliphatic carbocycles. The zero-order chi connectivity index (χ0) is 23.1. The molecule has 0 saturated carbocycles. The Morgan fingerprint density at radius 1 is 0.788 bits per heavy atom. The van der Waals surface area contributed by atoms with E-state index in [1.54, 1.807) is 0 Å². The van der Waals surface area contributed by atoms with Gasteiger partial charge in [0.05, 0.1) is 5.54 Å². The molecule has 4 rings (SSSR count). The van der Waals surface area contributed by atoms with Crippen molar-refractivity contribution in [3.05, 3.63) is 138 Å². The van der Waals surface area contributed by atoms with E-state index in [1.165, 1.54) is 0 Å². The normalized spacial score (nSPS) is 12.2. The number of carbonyl (C=O) groups is 1. The summed E-state index contributed by atoms with van der Waals surface area (Å²) in [7, 11) is 0. The molecule has 4 aromatic carbocycles. The van der Waals surface area contributed by atoms with Crippen LogP contribution in [0.1, 0.15) is 22.3 Å². The molecule has 4 heteroatoms. The number of carboxylic acids is 1. The van der Waals surface area contributed by atoms with Crippen LogP contribution in [0, 0.1) is 6.92 Å². The first kappa shape index (κ1) is 22.3. The third-order valence-electron chi connectivity index (χ3n) is 5.72. The smallest absolute Gasteiger partial charge is 0.324 e. The lowest BCUT2D eigenvalue weighted by atomic mass is 9.76. The maximum absolute atomic E-state index is 12.4. The van der Waals surface area contributed by atoms with Crippen molar-refractivity contribution in [2.45, 2.75) is 18.5 Å². The molecule has 1 atom stereocenters. The second-order valence-corrected chi connectivity index (χ2v) is 8.01. The van der Waals surface area contributed by atoms with Gasteiger partial charge in [-0.15, -0.1) is 0 Å². The standard InChI is InChI=1S/C29H27NO3/c1-22-12-11-19-26(20-22)33-21-27(28(31)32)30-29(23-13-5-2-6-14-23,24-15-7-3-8-16-24)25-17-9-4-10-18-25/h2-20,27,30H,21H2,1H3,(H,31,32)/t27-/m0/s1. The van der Waals surface area contributed by atoms with Gasteiger partial charge in [-0.25, -0.2) is 0 Å². The summed E-state index contributed by atoms with van der Waals surface area (Å²) < 4.78 is 5.92. The first-order valence-corrected chi connectivity index (χ1v) is 11.0. The molecule has 4 nitrogen and oxygen atoms in total. The largest absolute Gasteiger partial charge is 0.491 e. The fourth-order valence-corrected chi connectivity index (χ4v) is 4.14. The van der Waals surface area contributed by atoms with Gasteiger partial charge in [-0.1, -0.05) is 103 Å². The number of aryl methyl sites for hydroxylation is 1. The van der Waals surface area contributed by atoms with Crippen LogP contribution >= 0.6 is 0 Å². The number of hydrogen-bond donors (Lipinski definition) is 2. The van der Waals surface area contributed by atoms with Gasteiger partial charge in [0.2, 0.25) is 0 Å². The minimum Gasteiger partial charge on any atom is -0.491 e. The van der Waals surface area contributed by atoms with E-state index in [-0.39, 0.29) is 6.61 Å². The van der Waals surface area contributed by atoms with E-state index >= 15 is 0 Å². The second-order valence-electron chi connectivity index (χ2n) is 8.01. The number of hydrogen-bond acceptors (Lipinski definition) is 3. The Hall–Kier alpha value is -3.89. The zero-order valence-electron chi connectivity index (χ0n) is 18.5.